The number of amides is 1. The fourth-order valence-corrected chi connectivity index (χ4v) is 3.17. The second kappa shape index (κ2) is 4.52. The molecule has 0 atom stereocenters. The number of piperidine rings is 1. The Balaban J connectivity index is 1.69. The van der Waals surface area contributed by atoms with E-state index in [0.717, 1.165) is 35.9 Å². The van der Waals surface area contributed by atoms with Crippen molar-refractivity contribution in [3.8, 4) is 0 Å². The van der Waals surface area contributed by atoms with Crippen molar-refractivity contribution in [1.82, 2.24) is 24.7 Å². The average Bonchev–Trinajstić information content (AvgIpc) is 2.99. The van der Waals surface area contributed by atoms with E-state index in [4.69, 9.17) is 4.74 Å². The van der Waals surface area contributed by atoms with Crippen LogP contribution in [0.2, 0.25) is 0 Å². The summed E-state index contributed by atoms with van der Waals surface area (Å²) in [6.07, 6.45) is 3.20. The van der Waals surface area contributed by atoms with Crippen LogP contribution in [0.15, 0.2) is 6.33 Å². The van der Waals surface area contributed by atoms with Gasteiger partial charge < -0.3 is 9.64 Å². The molecule has 0 unspecified atom stereocenters. The van der Waals surface area contributed by atoms with Gasteiger partial charge in [-0.3, -0.25) is 0 Å². The maximum atomic E-state index is 11.4. The molecule has 0 radical (unpaired) electrons. The highest BCUT2D eigenvalue weighted by molar-refractivity contribution is 7.16. The Bertz CT molecular complexity index is 529. The van der Waals surface area contributed by atoms with Crippen LogP contribution < -0.4 is 0 Å². The molecule has 7 nitrogen and oxygen atoms in total. The van der Waals surface area contributed by atoms with Crippen LogP contribution in [0.1, 0.15) is 23.8 Å². The molecule has 0 bridgehead atoms. The van der Waals surface area contributed by atoms with E-state index >= 15 is 0 Å². The molecule has 2 aromatic heterocycles. The third kappa shape index (κ3) is 1.92. The molecule has 2 aromatic rings. The van der Waals surface area contributed by atoms with Crippen molar-refractivity contribution in [2.75, 3.05) is 20.2 Å². The minimum atomic E-state index is -0.244. The second-order valence-corrected chi connectivity index (χ2v) is 5.22. The Morgan fingerprint density at radius 1 is 1.50 bits per heavy atom. The van der Waals surface area contributed by atoms with Crippen molar-refractivity contribution in [2.45, 2.75) is 18.8 Å². The summed E-state index contributed by atoms with van der Waals surface area (Å²) in [6.45, 7) is 1.44. The number of aromatic nitrogens is 4. The molecule has 1 fully saturated rings. The Hall–Kier alpha value is -1.70. The number of fused-ring (bicyclic) bond motifs is 1. The molecule has 1 aliphatic rings. The van der Waals surface area contributed by atoms with E-state index in [1.807, 2.05) is 0 Å². The van der Waals surface area contributed by atoms with Gasteiger partial charge >= 0.3 is 6.09 Å². The van der Waals surface area contributed by atoms with Crippen LogP contribution in [0.3, 0.4) is 0 Å². The molecule has 3 heterocycles. The first-order valence-corrected chi connectivity index (χ1v) is 6.59. The van der Waals surface area contributed by atoms with Crippen molar-refractivity contribution in [3.63, 3.8) is 0 Å². The molecule has 1 saturated heterocycles. The standard InChI is InChI=1S/C10H13N5O2S/c1-17-10(16)14-4-2-7(3-5-14)8-13-15-6-11-12-9(15)18-8/h6-7H,2-5H2,1H3. The van der Waals surface area contributed by atoms with E-state index in [2.05, 4.69) is 15.3 Å². The summed E-state index contributed by atoms with van der Waals surface area (Å²) in [5.41, 5.74) is 0. The van der Waals surface area contributed by atoms with Gasteiger partial charge in [0.05, 0.1) is 7.11 Å². The van der Waals surface area contributed by atoms with Crippen molar-refractivity contribution in [3.05, 3.63) is 11.3 Å². The van der Waals surface area contributed by atoms with Gasteiger partial charge in [-0.15, -0.1) is 10.2 Å². The van der Waals surface area contributed by atoms with Crippen LogP contribution in [0, 0.1) is 0 Å². The average molecular weight is 267 g/mol. The molecule has 0 aliphatic carbocycles. The van der Waals surface area contributed by atoms with Crippen LogP contribution in [-0.2, 0) is 4.74 Å². The van der Waals surface area contributed by atoms with E-state index in [1.165, 1.54) is 7.11 Å². The van der Waals surface area contributed by atoms with E-state index in [9.17, 15) is 4.79 Å². The number of carbonyl (C=O) groups excluding carboxylic acids is 1. The number of carbonyl (C=O) groups is 1. The number of ether oxygens (including phenoxy) is 1. The number of rotatable bonds is 1. The highest BCUT2D eigenvalue weighted by atomic mass is 32.1. The number of methoxy groups -OCH3 is 1. The molecule has 0 aromatic carbocycles. The zero-order chi connectivity index (χ0) is 12.5. The number of hydrogen-bond acceptors (Lipinski definition) is 6. The van der Waals surface area contributed by atoms with E-state index in [0.29, 0.717) is 5.92 Å². The molecular weight excluding hydrogens is 254 g/mol. The van der Waals surface area contributed by atoms with E-state index < -0.39 is 0 Å². The van der Waals surface area contributed by atoms with Crippen molar-refractivity contribution in [1.29, 1.82) is 0 Å². The summed E-state index contributed by atoms with van der Waals surface area (Å²) in [4.78, 5) is 13.9. The fourth-order valence-electron chi connectivity index (χ4n) is 2.18. The highest BCUT2D eigenvalue weighted by Gasteiger charge is 2.26. The lowest BCUT2D eigenvalue weighted by Gasteiger charge is -2.29. The molecule has 96 valence electrons. The Labute approximate surface area is 107 Å². The van der Waals surface area contributed by atoms with Gasteiger partial charge in [-0.2, -0.15) is 9.61 Å². The number of nitrogens with zero attached hydrogens (tertiary/aromatic N) is 5. The van der Waals surface area contributed by atoms with Gasteiger partial charge in [-0.1, -0.05) is 11.3 Å². The predicted octanol–water partition coefficient (Wildman–Crippen LogP) is 1.13. The third-order valence-corrected chi connectivity index (χ3v) is 4.25. The lowest BCUT2D eigenvalue weighted by molar-refractivity contribution is 0.112. The molecule has 1 amide bonds. The summed E-state index contributed by atoms with van der Waals surface area (Å²) in [5.74, 6) is 0.401. The Morgan fingerprint density at radius 2 is 2.28 bits per heavy atom. The third-order valence-electron chi connectivity index (χ3n) is 3.18. The lowest BCUT2D eigenvalue weighted by Crippen LogP contribution is -2.37. The molecule has 0 spiro atoms. The highest BCUT2D eigenvalue weighted by Crippen LogP contribution is 2.30. The van der Waals surface area contributed by atoms with Gasteiger partial charge in [0.15, 0.2) is 0 Å². The maximum Gasteiger partial charge on any atom is 0.409 e. The van der Waals surface area contributed by atoms with Gasteiger partial charge in [-0.25, -0.2) is 4.79 Å². The summed E-state index contributed by atoms with van der Waals surface area (Å²) in [5, 5.41) is 13.3. The van der Waals surface area contributed by atoms with E-state index in [-0.39, 0.29) is 6.09 Å². The van der Waals surface area contributed by atoms with Crippen LogP contribution in [0.5, 0.6) is 0 Å². The number of hydrogen-bond donors (Lipinski definition) is 0. The molecule has 1 aliphatic heterocycles. The SMILES string of the molecule is COC(=O)N1CCC(c2nn3cnnc3s2)CC1. The smallest absolute Gasteiger partial charge is 0.409 e. The fraction of sp³-hybridized carbons (Fsp3) is 0.600. The van der Waals surface area contributed by atoms with Gasteiger partial charge in [0.25, 0.3) is 0 Å². The molecule has 18 heavy (non-hydrogen) atoms. The summed E-state index contributed by atoms with van der Waals surface area (Å²) < 4.78 is 6.42. The topological polar surface area (TPSA) is 72.6 Å². The summed E-state index contributed by atoms with van der Waals surface area (Å²) in [7, 11) is 1.41. The van der Waals surface area contributed by atoms with Crippen LogP contribution in [0.4, 0.5) is 4.79 Å². The molecular formula is C10H13N5O2S. The quantitative estimate of drug-likeness (QED) is 0.774. The Morgan fingerprint density at radius 3 is 2.94 bits per heavy atom. The molecule has 0 saturated carbocycles. The predicted molar refractivity (Wildman–Crippen MR) is 64.6 cm³/mol. The normalized spacial score (nSPS) is 17.3. The van der Waals surface area contributed by atoms with Crippen LogP contribution in [0.25, 0.3) is 4.96 Å². The zero-order valence-corrected chi connectivity index (χ0v) is 10.8. The van der Waals surface area contributed by atoms with Gasteiger partial charge in [-0.05, 0) is 12.8 Å². The minimum absolute atomic E-state index is 0.244. The van der Waals surface area contributed by atoms with E-state index in [1.54, 1.807) is 27.1 Å². The largest absolute Gasteiger partial charge is 0.453 e. The molecule has 8 heteroatoms. The van der Waals surface area contributed by atoms with Crippen LogP contribution >= 0.6 is 11.3 Å². The first-order chi connectivity index (χ1) is 8.78. The van der Waals surface area contributed by atoms with Gasteiger partial charge in [0.1, 0.15) is 11.3 Å². The monoisotopic (exact) mass is 267 g/mol. The van der Waals surface area contributed by atoms with Crippen molar-refractivity contribution in [2.24, 2.45) is 0 Å². The molecule has 0 N–H and O–H groups in total. The summed E-state index contributed by atoms with van der Waals surface area (Å²) in [6, 6.07) is 0. The maximum absolute atomic E-state index is 11.4. The second-order valence-electron chi connectivity index (χ2n) is 4.23. The first-order valence-electron chi connectivity index (χ1n) is 5.77. The van der Waals surface area contributed by atoms with Gasteiger partial charge in [0, 0.05) is 19.0 Å². The summed E-state index contributed by atoms with van der Waals surface area (Å²) >= 11 is 1.57. The van der Waals surface area contributed by atoms with Crippen molar-refractivity contribution < 1.29 is 9.53 Å². The molecule has 3 rings (SSSR count). The minimum Gasteiger partial charge on any atom is -0.453 e. The van der Waals surface area contributed by atoms with Crippen molar-refractivity contribution >= 4 is 22.4 Å². The Kier molecular flexibility index (Phi) is 2.86. The van der Waals surface area contributed by atoms with Gasteiger partial charge in [0.2, 0.25) is 4.96 Å². The first kappa shape index (κ1) is 11.4. The number of likely N-dealkylation sites (tertiary alicyclic amines) is 1. The zero-order valence-electron chi connectivity index (χ0n) is 9.94. The lowest BCUT2D eigenvalue weighted by atomic mass is 9.98. The van der Waals surface area contributed by atoms with Crippen LogP contribution in [-0.4, -0.2) is 51.0 Å².